The summed E-state index contributed by atoms with van der Waals surface area (Å²) in [6, 6.07) is 16.6. The van der Waals surface area contributed by atoms with Gasteiger partial charge in [-0.25, -0.2) is 4.98 Å². The van der Waals surface area contributed by atoms with Gasteiger partial charge in [-0.2, -0.15) is 9.97 Å². The predicted octanol–water partition coefficient (Wildman–Crippen LogP) is 5.38. The first-order valence-corrected chi connectivity index (χ1v) is 9.27. The number of rotatable bonds is 2. The number of anilines is 1. The van der Waals surface area contributed by atoms with Gasteiger partial charge in [-0.1, -0.05) is 90.1 Å². The lowest BCUT2D eigenvalue weighted by atomic mass is 9.86. The van der Waals surface area contributed by atoms with Crippen LogP contribution in [0.4, 0.5) is 5.95 Å². The van der Waals surface area contributed by atoms with Crippen LogP contribution >= 0.6 is 0 Å². The molecular formula is C23H28N4. The summed E-state index contributed by atoms with van der Waals surface area (Å²) in [5, 5.41) is 0. The fourth-order valence-corrected chi connectivity index (χ4v) is 2.89. The number of hydrogen-bond donors (Lipinski definition) is 1. The minimum atomic E-state index is 0.108. The molecule has 0 saturated carbocycles. The molecule has 27 heavy (non-hydrogen) atoms. The first kappa shape index (κ1) is 19.0. The van der Waals surface area contributed by atoms with Gasteiger partial charge in [0.2, 0.25) is 5.95 Å². The monoisotopic (exact) mass is 360 g/mol. The van der Waals surface area contributed by atoms with E-state index in [2.05, 4.69) is 80.8 Å². The molecule has 3 aromatic rings. The number of aromatic nitrogens is 3. The van der Waals surface area contributed by atoms with Crippen molar-refractivity contribution < 1.29 is 0 Å². The van der Waals surface area contributed by atoms with E-state index in [1.807, 2.05) is 24.3 Å². The molecule has 2 N–H and O–H groups in total. The Labute approximate surface area is 161 Å². The molecule has 1 heterocycles. The molecule has 4 heteroatoms. The molecule has 2 aromatic carbocycles. The minimum Gasteiger partial charge on any atom is -0.368 e. The predicted molar refractivity (Wildman–Crippen MR) is 113 cm³/mol. The molecule has 0 saturated heterocycles. The molecule has 0 fully saturated rings. The van der Waals surface area contributed by atoms with E-state index in [-0.39, 0.29) is 16.8 Å². The maximum atomic E-state index is 5.97. The maximum Gasteiger partial charge on any atom is 0.224 e. The summed E-state index contributed by atoms with van der Waals surface area (Å²) in [6.45, 7) is 13.2. The zero-order chi connectivity index (χ0) is 19.8. The topological polar surface area (TPSA) is 64.7 Å². The van der Waals surface area contributed by atoms with E-state index in [0.717, 1.165) is 11.1 Å². The second kappa shape index (κ2) is 6.76. The number of hydrogen-bond acceptors (Lipinski definition) is 4. The van der Waals surface area contributed by atoms with Gasteiger partial charge in [-0.05, 0) is 22.0 Å². The highest BCUT2D eigenvalue weighted by Crippen LogP contribution is 2.27. The normalized spacial score (nSPS) is 12.2. The molecule has 0 radical (unpaired) electrons. The van der Waals surface area contributed by atoms with Crippen molar-refractivity contribution in [1.29, 1.82) is 0 Å². The minimum absolute atomic E-state index is 0.108. The Kier molecular flexibility index (Phi) is 4.77. The number of nitrogens with two attached hydrogens (primary N) is 1. The number of nitrogen functional groups attached to an aromatic ring is 1. The van der Waals surface area contributed by atoms with E-state index in [1.54, 1.807) is 0 Å². The molecule has 0 atom stereocenters. The fraction of sp³-hybridized carbons (Fsp3) is 0.348. The quantitative estimate of drug-likeness (QED) is 0.666. The SMILES string of the molecule is CC(C)(C)c1ccc(-c2nc(N)nc(-c3ccc(C(C)(C)C)cc3)n2)cc1. The zero-order valence-corrected chi connectivity index (χ0v) is 17.0. The Morgan fingerprint density at radius 3 is 1.19 bits per heavy atom. The van der Waals surface area contributed by atoms with Crippen molar-refractivity contribution in [1.82, 2.24) is 15.0 Å². The van der Waals surface area contributed by atoms with Crippen molar-refractivity contribution in [2.75, 3.05) is 5.73 Å². The van der Waals surface area contributed by atoms with Crippen LogP contribution in [0.5, 0.6) is 0 Å². The summed E-state index contributed by atoms with van der Waals surface area (Å²) in [5.74, 6) is 1.42. The van der Waals surface area contributed by atoms with Crippen molar-refractivity contribution in [3.05, 3.63) is 59.7 Å². The van der Waals surface area contributed by atoms with E-state index >= 15 is 0 Å². The first-order chi connectivity index (χ1) is 12.5. The van der Waals surface area contributed by atoms with E-state index in [1.165, 1.54) is 11.1 Å². The summed E-state index contributed by atoms with van der Waals surface area (Å²) >= 11 is 0. The largest absolute Gasteiger partial charge is 0.368 e. The van der Waals surface area contributed by atoms with Gasteiger partial charge in [0.1, 0.15) is 0 Å². The molecule has 4 nitrogen and oxygen atoms in total. The third-order valence-corrected chi connectivity index (χ3v) is 4.67. The van der Waals surface area contributed by atoms with Gasteiger partial charge in [-0.15, -0.1) is 0 Å². The Bertz CT molecular complexity index is 852. The van der Waals surface area contributed by atoms with Crippen molar-refractivity contribution >= 4 is 5.95 Å². The van der Waals surface area contributed by atoms with Gasteiger partial charge in [0.15, 0.2) is 11.6 Å². The number of benzene rings is 2. The van der Waals surface area contributed by atoms with Gasteiger partial charge in [0.25, 0.3) is 0 Å². The van der Waals surface area contributed by atoms with Crippen molar-refractivity contribution in [3.8, 4) is 22.8 Å². The Morgan fingerprint density at radius 2 is 0.889 bits per heavy atom. The van der Waals surface area contributed by atoms with E-state index in [0.29, 0.717) is 11.6 Å². The smallest absolute Gasteiger partial charge is 0.224 e. The molecule has 0 unspecified atom stereocenters. The van der Waals surface area contributed by atoms with Crippen LogP contribution in [0.15, 0.2) is 48.5 Å². The molecule has 0 aliphatic carbocycles. The first-order valence-electron chi connectivity index (χ1n) is 9.27. The Morgan fingerprint density at radius 1 is 0.556 bits per heavy atom. The van der Waals surface area contributed by atoms with Gasteiger partial charge < -0.3 is 5.73 Å². The van der Waals surface area contributed by atoms with E-state index < -0.39 is 0 Å². The van der Waals surface area contributed by atoms with Crippen molar-refractivity contribution in [2.45, 2.75) is 52.4 Å². The summed E-state index contributed by atoms with van der Waals surface area (Å²) in [7, 11) is 0. The van der Waals surface area contributed by atoms with Crippen LogP contribution in [-0.2, 0) is 10.8 Å². The van der Waals surface area contributed by atoms with E-state index in [4.69, 9.17) is 5.73 Å². The van der Waals surface area contributed by atoms with Crippen LogP contribution in [0.3, 0.4) is 0 Å². The summed E-state index contributed by atoms with van der Waals surface area (Å²) in [6.07, 6.45) is 0. The van der Waals surface area contributed by atoms with Gasteiger partial charge in [0.05, 0.1) is 0 Å². The third-order valence-electron chi connectivity index (χ3n) is 4.67. The Hall–Kier alpha value is -2.75. The van der Waals surface area contributed by atoms with Gasteiger partial charge in [-0.3, -0.25) is 0 Å². The molecule has 0 aliphatic rings. The highest BCUT2D eigenvalue weighted by Gasteiger charge is 2.16. The number of nitrogens with zero attached hydrogens (tertiary/aromatic N) is 3. The molecule has 0 amide bonds. The second-order valence-electron chi connectivity index (χ2n) is 9.00. The lowest BCUT2D eigenvalue weighted by Gasteiger charge is -2.19. The van der Waals surface area contributed by atoms with E-state index in [9.17, 15) is 0 Å². The van der Waals surface area contributed by atoms with Crippen LogP contribution < -0.4 is 5.73 Å². The second-order valence-corrected chi connectivity index (χ2v) is 9.00. The van der Waals surface area contributed by atoms with Crippen molar-refractivity contribution in [2.24, 2.45) is 0 Å². The van der Waals surface area contributed by atoms with Crippen LogP contribution in [0.1, 0.15) is 52.7 Å². The average molecular weight is 361 g/mol. The maximum absolute atomic E-state index is 5.97. The molecule has 0 spiro atoms. The lowest BCUT2D eigenvalue weighted by molar-refractivity contribution is 0.590. The molecule has 140 valence electrons. The Balaban J connectivity index is 1.97. The zero-order valence-electron chi connectivity index (χ0n) is 17.0. The summed E-state index contributed by atoms with van der Waals surface area (Å²) < 4.78 is 0. The van der Waals surface area contributed by atoms with Crippen LogP contribution in [0.25, 0.3) is 22.8 Å². The summed E-state index contributed by atoms with van der Waals surface area (Å²) in [4.78, 5) is 13.3. The molecule has 0 bridgehead atoms. The van der Waals surface area contributed by atoms with Gasteiger partial charge >= 0.3 is 0 Å². The molecule has 1 aromatic heterocycles. The molecular weight excluding hydrogens is 332 g/mol. The van der Waals surface area contributed by atoms with Crippen molar-refractivity contribution in [3.63, 3.8) is 0 Å². The van der Waals surface area contributed by atoms with Crippen LogP contribution in [0.2, 0.25) is 0 Å². The molecule has 0 aliphatic heterocycles. The van der Waals surface area contributed by atoms with Crippen LogP contribution in [0, 0.1) is 0 Å². The highest BCUT2D eigenvalue weighted by atomic mass is 15.1. The fourth-order valence-electron chi connectivity index (χ4n) is 2.89. The van der Waals surface area contributed by atoms with Crippen LogP contribution in [-0.4, -0.2) is 15.0 Å². The highest BCUT2D eigenvalue weighted by molar-refractivity contribution is 5.63. The van der Waals surface area contributed by atoms with Gasteiger partial charge in [0, 0.05) is 11.1 Å². The lowest BCUT2D eigenvalue weighted by Crippen LogP contribution is -2.11. The third kappa shape index (κ3) is 4.33. The standard InChI is InChI=1S/C23H28N4/c1-22(2,3)17-11-7-15(8-12-17)19-25-20(27-21(24)26-19)16-9-13-18(14-10-16)23(4,5)6/h7-14H,1-6H3,(H2,24,25,26,27). The molecule has 3 rings (SSSR count). The average Bonchev–Trinajstić information content (AvgIpc) is 2.60. The summed E-state index contributed by atoms with van der Waals surface area (Å²) in [5.41, 5.74) is 10.6.